The Balaban J connectivity index is 1.55. The first-order chi connectivity index (χ1) is 11.7. The zero-order valence-electron chi connectivity index (χ0n) is 13.0. The summed E-state index contributed by atoms with van der Waals surface area (Å²) in [7, 11) is 0. The normalized spacial score (nSPS) is 17.3. The number of H-pyrrole nitrogens is 1. The fraction of sp³-hybridized carbons (Fsp3) is 0.222. The number of nitrogens with zero attached hydrogens (tertiary/aromatic N) is 1. The van der Waals surface area contributed by atoms with E-state index in [1.165, 1.54) is 6.07 Å². The molecule has 3 aromatic rings. The maximum absolute atomic E-state index is 12.6. The van der Waals surface area contributed by atoms with Crippen molar-refractivity contribution in [2.24, 2.45) is 0 Å². The molecule has 0 aliphatic carbocycles. The summed E-state index contributed by atoms with van der Waals surface area (Å²) < 4.78 is 5.10. The number of hydrogen-bond acceptors (Lipinski definition) is 3. The number of fused-ring (bicyclic) bond motifs is 1. The molecule has 1 saturated heterocycles. The third-order valence-electron chi connectivity index (χ3n) is 4.37. The molecule has 0 saturated carbocycles. The fourth-order valence-corrected chi connectivity index (χ4v) is 3.23. The lowest BCUT2D eigenvalue weighted by Crippen LogP contribution is -2.34. The first kappa shape index (κ1) is 14.6. The zero-order valence-corrected chi connectivity index (χ0v) is 13.0. The third kappa shape index (κ3) is 2.67. The number of nitrogens with one attached hydrogen (secondary N) is 2. The number of likely N-dealkylation sites (tertiary alicyclic amines) is 1. The lowest BCUT2D eigenvalue weighted by molar-refractivity contribution is 0.206. The standard InChI is InChI=1S/C18H17N3O3/c22-17-8-5-12-11-13(6-7-16(12)24-17)20-18(23)21-10-2-4-15(21)14-3-1-9-19-14/h1,3,5-9,11,15,19H,2,4,10H2,(H,20,23)/t15-/m1/s1. The maximum atomic E-state index is 12.6. The van der Waals surface area contributed by atoms with Crippen molar-refractivity contribution in [3.8, 4) is 0 Å². The topological polar surface area (TPSA) is 78.3 Å². The van der Waals surface area contributed by atoms with E-state index >= 15 is 0 Å². The molecule has 24 heavy (non-hydrogen) atoms. The molecular weight excluding hydrogens is 306 g/mol. The van der Waals surface area contributed by atoms with Gasteiger partial charge in [0.1, 0.15) is 5.58 Å². The number of amides is 2. The minimum Gasteiger partial charge on any atom is -0.423 e. The Kier molecular flexibility index (Phi) is 3.57. The number of carbonyl (C=O) groups is 1. The Labute approximate surface area is 138 Å². The van der Waals surface area contributed by atoms with Gasteiger partial charge in [-0.3, -0.25) is 0 Å². The Morgan fingerprint density at radius 3 is 3.00 bits per heavy atom. The van der Waals surface area contributed by atoms with Crippen molar-refractivity contribution in [2.75, 3.05) is 11.9 Å². The maximum Gasteiger partial charge on any atom is 0.336 e. The fourth-order valence-electron chi connectivity index (χ4n) is 3.23. The van der Waals surface area contributed by atoms with E-state index in [1.807, 2.05) is 23.2 Å². The van der Waals surface area contributed by atoms with Gasteiger partial charge in [-0.05, 0) is 49.2 Å². The first-order valence-corrected chi connectivity index (χ1v) is 7.95. The van der Waals surface area contributed by atoms with Gasteiger partial charge in [0.2, 0.25) is 0 Å². The summed E-state index contributed by atoms with van der Waals surface area (Å²) in [5, 5.41) is 3.71. The van der Waals surface area contributed by atoms with Crippen LogP contribution >= 0.6 is 0 Å². The Hall–Kier alpha value is -3.02. The second-order valence-corrected chi connectivity index (χ2v) is 5.91. The Morgan fingerprint density at radius 1 is 1.25 bits per heavy atom. The monoisotopic (exact) mass is 323 g/mol. The van der Waals surface area contributed by atoms with Crippen molar-refractivity contribution in [1.82, 2.24) is 9.88 Å². The van der Waals surface area contributed by atoms with Crippen LogP contribution in [0.5, 0.6) is 0 Å². The second-order valence-electron chi connectivity index (χ2n) is 5.91. The predicted molar refractivity (Wildman–Crippen MR) is 91.0 cm³/mol. The van der Waals surface area contributed by atoms with Crippen molar-refractivity contribution >= 4 is 22.7 Å². The highest BCUT2D eigenvalue weighted by Crippen LogP contribution is 2.31. The molecule has 0 unspecified atom stereocenters. The van der Waals surface area contributed by atoms with Gasteiger partial charge in [-0.2, -0.15) is 0 Å². The van der Waals surface area contributed by atoms with Crippen molar-refractivity contribution in [2.45, 2.75) is 18.9 Å². The molecule has 6 heteroatoms. The van der Waals surface area contributed by atoms with Crippen LogP contribution in [0, 0.1) is 0 Å². The van der Waals surface area contributed by atoms with Gasteiger partial charge < -0.3 is 19.6 Å². The van der Waals surface area contributed by atoms with Gasteiger partial charge in [-0.1, -0.05) is 0 Å². The lowest BCUT2D eigenvalue weighted by Gasteiger charge is -2.24. The molecule has 1 fully saturated rings. The molecule has 1 aliphatic heterocycles. The highest BCUT2D eigenvalue weighted by Gasteiger charge is 2.30. The largest absolute Gasteiger partial charge is 0.423 e. The van der Waals surface area contributed by atoms with Crippen LogP contribution in [-0.2, 0) is 0 Å². The number of benzene rings is 1. The van der Waals surface area contributed by atoms with E-state index < -0.39 is 0 Å². The van der Waals surface area contributed by atoms with Crippen molar-refractivity contribution < 1.29 is 9.21 Å². The van der Waals surface area contributed by atoms with Crippen LogP contribution in [0.4, 0.5) is 10.5 Å². The van der Waals surface area contributed by atoms with Crippen LogP contribution in [0.3, 0.4) is 0 Å². The minimum absolute atomic E-state index is 0.0819. The van der Waals surface area contributed by atoms with Crippen molar-refractivity contribution in [3.63, 3.8) is 0 Å². The van der Waals surface area contributed by atoms with Gasteiger partial charge in [0.05, 0.1) is 6.04 Å². The Morgan fingerprint density at radius 2 is 2.17 bits per heavy atom. The number of rotatable bonds is 2. The average Bonchev–Trinajstić information content (AvgIpc) is 3.25. The number of carbonyl (C=O) groups excluding carboxylic acids is 1. The van der Waals surface area contributed by atoms with Crippen LogP contribution in [0.25, 0.3) is 11.0 Å². The van der Waals surface area contributed by atoms with Gasteiger partial charge in [0.15, 0.2) is 0 Å². The van der Waals surface area contributed by atoms with Crippen LogP contribution in [0.1, 0.15) is 24.6 Å². The molecule has 0 spiro atoms. The summed E-state index contributed by atoms with van der Waals surface area (Å²) in [6, 6.07) is 12.2. The van der Waals surface area contributed by atoms with Gasteiger partial charge in [-0.25, -0.2) is 9.59 Å². The van der Waals surface area contributed by atoms with Crippen molar-refractivity contribution in [3.05, 3.63) is 64.8 Å². The average molecular weight is 323 g/mol. The van der Waals surface area contributed by atoms with Crippen LogP contribution in [0.2, 0.25) is 0 Å². The molecule has 1 aromatic carbocycles. The van der Waals surface area contributed by atoms with Crippen LogP contribution < -0.4 is 10.9 Å². The van der Waals surface area contributed by atoms with E-state index in [-0.39, 0.29) is 17.7 Å². The molecule has 4 rings (SSSR count). The molecule has 2 aromatic heterocycles. The van der Waals surface area contributed by atoms with E-state index in [0.717, 1.165) is 30.5 Å². The number of hydrogen-bond donors (Lipinski definition) is 2. The molecule has 2 N–H and O–H groups in total. The van der Waals surface area contributed by atoms with Crippen molar-refractivity contribution in [1.29, 1.82) is 0 Å². The summed E-state index contributed by atoms with van der Waals surface area (Å²) in [5.41, 5.74) is 1.86. The lowest BCUT2D eigenvalue weighted by atomic mass is 10.1. The van der Waals surface area contributed by atoms with Gasteiger partial charge in [0, 0.05) is 35.6 Å². The summed E-state index contributed by atoms with van der Waals surface area (Å²) in [6.07, 6.45) is 3.82. The minimum atomic E-state index is -0.384. The van der Waals surface area contributed by atoms with Crippen LogP contribution in [-0.4, -0.2) is 22.5 Å². The quantitative estimate of drug-likeness (QED) is 0.709. The molecule has 122 valence electrons. The zero-order chi connectivity index (χ0) is 16.5. The summed E-state index contributed by atoms with van der Waals surface area (Å²) in [4.78, 5) is 28.9. The molecule has 2 amide bonds. The summed E-state index contributed by atoms with van der Waals surface area (Å²) in [6.45, 7) is 0.734. The third-order valence-corrected chi connectivity index (χ3v) is 4.37. The van der Waals surface area contributed by atoms with E-state index in [2.05, 4.69) is 10.3 Å². The number of aromatic amines is 1. The SMILES string of the molecule is O=C(Nc1ccc2oc(=O)ccc2c1)N1CCC[C@@H]1c1ccc[nH]1. The number of urea groups is 1. The first-order valence-electron chi connectivity index (χ1n) is 7.95. The smallest absolute Gasteiger partial charge is 0.336 e. The molecular formula is C18H17N3O3. The molecule has 3 heterocycles. The molecule has 1 atom stereocenters. The molecule has 0 radical (unpaired) electrons. The second kappa shape index (κ2) is 5.88. The summed E-state index contributed by atoms with van der Waals surface area (Å²) in [5.74, 6) is 0. The highest BCUT2D eigenvalue weighted by atomic mass is 16.4. The number of anilines is 1. The molecule has 0 bridgehead atoms. The van der Waals surface area contributed by atoms with E-state index in [9.17, 15) is 9.59 Å². The highest BCUT2D eigenvalue weighted by molar-refractivity contribution is 5.92. The van der Waals surface area contributed by atoms with E-state index in [1.54, 1.807) is 24.3 Å². The van der Waals surface area contributed by atoms with E-state index in [4.69, 9.17) is 4.42 Å². The van der Waals surface area contributed by atoms with Gasteiger partial charge in [0.25, 0.3) is 0 Å². The summed E-state index contributed by atoms with van der Waals surface area (Å²) >= 11 is 0. The van der Waals surface area contributed by atoms with Crippen LogP contribution in [0.15, 0.2) is 57.9 Å². The predicted octanol–water partition coefficient (Wildman–Crippen LogP) is 3.49. The Bertz CT molecular complexity index is 930. The van der Waals surface area contributed by atoms with Gasteiger partial charge in [-0.15, -0.1) is 0 Å². The van der Waals surface area contributed by atoms with Gasteiger partial charge >= 0.3 is 11.7 Å². The number of aromatic nitrogens is 1. The molecule has 6 nitrogen and oxygen atoms in total. The van der Waals surface area contributed by atoms with E-state index in [0.29, 0.717) is 11.3 Å². The molecule has 1 aliphatic rings.